The minimum atomic E-state index is -1.20. The number of halogens is 4. The van der Waals surface area contributed by atoms with E-state index >= 15 is 0 Å². The topological polar surface area (TPSA) is 17.1 Å². The lowest BCUT2D eigenvalue weighted by Crippen LogP contribution is -2.13. The molecule has 0 aliphatic heterocycles. The number of allylic oxidation sites excluding steroid dienone is 2. The van der Waals surface area contributed by atoms with Crippen molar-refractivity contribution >= 4 is 17.4 Å². The fourth-order valence-corrected chi connectivity index (χ4v) is 3.99. The number of carbonyl (C=O) groups excluding carboxylic acids is 1. The molecule has 0 spiro atoms. The van der Waals surface area contributed by atoms with Gasteiger partial charge in [0.2, 0.25) is 0 Å². The summed E-state index contributed by atoms with van der Waals surface area (Å²) in [5.74, 6) is -4.65. The fourth-order valence-electron chi connectivity index (χ4n) is 3.86. The van der Waals surface area contributed by atoms with Gasteiger partial charge in [0.1, 0.15) is 17.5 Å². The Morgan fingerprint density at radius 1 is 0.862 bits per heavy atom. The van der Waals surface area contributed by atoms with Crippen molar-refractivity contribution < 1.29 is 18.0 Å². The molecule has 0 bridgehead atoms. The molecule has 0 fully saturated rings. The van der Waals surface area contributed by atoms with Gasteiger partial charge in [-0.2, -0.15) is 0 Å². The Hall–Kier alpha value is -2.85. The SMILES string of the molecule is O=C(C1=CC(c2ccc(Cl)cc2)CC1c1ccccc1)c1c(F)cc(F)cc1F. The number of Topliss-reactive ketones (excluding diaryl/α,β-unsaturated/α-hetero) is 1. The van der Waals surface area contributed by atoms with Crippen molar-refractivity contribution in [3.8, 4) is 0 Å². The van der Waals surface area contributed by atoms with E-state index in [-0.39, 0.29) is 11.8 Å². The van der Waals surface area contributed by atoms with Gasteiger partial charge in [-0.3, -0.25) is 4.79 Å². The predicted octanol–water partition coefficient (Wildman–Crippen LogP) is 6.84. The standard InChI is InChI=1S/C24H16ClF3O/c25-17-8-6-14(7-9-17)16-10-19(15-4-2-1-3-5-15)20(11-16)24(29)23-21(27)12-18(26)13-22(23)28/h1-9,11-13,16,19H,10H2. The molecular formula is C24H16ClF3O. The summed E-state index contributed by atoms with van der Waals surface area (Å²) in [6.45, 7) is 0. The molecular weight excluding hydrogens is 397 g/mol. The number of hydrogen-bond acceptors (Lipinski definition) is 1. The summed E-state index contributed by atoms with van der Waals surface area (Å²) >= 11 is 5.97. The first kappa shape index (κ1) is 19.5. The van der Waals surface area contributed by atoms with Crippen molar-refractivity contribution in [2.24, 2.45) is 0 Å². The van der Waals surface area contributed by atoms with Crippen LogP contribution in [0.25, 0.3) is 0 Å². The van der Waals surface area contributed by atoms with Crippen LogP contribution in [0.3, 0.4) is 0 Å². The van der Waals surface area contributed by atoms with Crippen molar-refractivity contribution in [2.75, 3.05) is 0 Å². The number of benzene rings is 3. The van der Waals surface area contributed by atoms with Crippen molar-refractivity contribution in [1.29, 1.82) is 0 Å². The highest BCUT2D eigenvalue weighted by Gasteiger charge is 2.35. The zero-order chi connectivity index (χ0) is 20.5. The van der Waals surface area contributed by atoms with Crippen molar-refractivity contribution in [2.45, 2.75) is 18.3 Å². The van der Waals surface area contributed by atoms with Crippen LogP contribution in [0.1, 0.15) is 39.7 Å². The van der Waals surface area contributed by atoms with Gasteiger partial charge in [0.25, 0.3) is 0 Å². The molecule has 1 nitrogen and oxygen atoms in total. The van der Waals surface area contributed by atoms with Crippen LogP contribution in [-0.2, 0) is 0 Å². The Kier molecular flexibility index (Phi) is 5.29. The molecule has 1 aliphatic rings. The first-order chi connectivity index (χ1) is 13.9. The zero-order valence-corrected chi connectivity index (χ0v) is 16.0. The smallest absolute Gasteiger partial charge is 0.195 e. The summed E-state index contributed by atoms with van der Waals surface area (Å²) in [7, 11) is 0. The van der Waals surface area contributed by atoms with Gasteiger partial charge in [0, 0.05) is 34.6 Å². The van der Waals surface area contributed by atoms with Gasteiger partial charge in [0.15, 0.2) is 5.78 Å². The van der Waals surface area contributed by atoms with Gasteiger partial charge >= 0.3 is 0 Å². The second-order valence-corrected chi connectivity index (χ2v) is 7.49. The van der Waals surface area contributed by atoms with E-state index in [1.165, 1.54) is 0 Å². The molecule has 3 aromatic rings. The van der Waals surface area contributed by atoms with E-state index in [2.05, 4.69) is 0 Å². The molecule has 0 N–H and O–H groups in total. The third-order valence-corrected chi connectivity index (χ3v) is 5.49. The third kappa shape index (κ3) is 3.85. The van der Waals surface area contributed by atoms with E-state index in [0.717, 1.165) is 11.1 Å². The van der Waals surface area contributed by atoms with Crippen LogP contribution < -0.4 is 0 Å². The van der Waals surface area contributed by atoms with Gasteiger partial charge in [-0.05, 0) is 29.7 Å². The maximum atomic E-state index is 14.3. The largest absolute Gasteiger partial charge is 0.289 e. The predicted molar refractivity (Wildman–Crippen MR) is 107 cm³/mol. The highest BCUT2D eigenvalue weighted by atomic mass is 35.5. The normalized spacial score (nSPS) is 18.6. The maximum Gasteiger partial charge on any atom is 0.195 e. The van der Waals surface area contributed by atoms with Gasteiger partial charge in [-0.25, -0.2) is 13.2 Å². The summed E-state index contributed by atoms with van der Waals surface area (Å²) in [6, 6.07) is 17.7. The molecule has 0 heterocycles. The molecule has 0 saturated carbocycles. The van der Waals surface area contributed by atoms with Crippen molar-refractivity contribution in [3.05, 3.63) is 118 Å². The second kappa shape index (κ2) is 7.88. The Labute approximate surface area is 171 Å². The van der Waals surface area contributed by atoms with Crippen LogP contribution >= 0.6 is 11.6 Å². The first-order valence-electron chi connectivity index (χ1n) is 9.15. The molecule has 0 saturated heterocycles. The molecule has 29 heavy (non-hydrogen) atoms. The van der Waals surface area contributed by atoms with E-state index in [9.17, 15) is 18.0 Å². The van der Waals surface area contributed by atoms with Crippen LogP contribution in [0.2, 0.25) is 5.02 Å². The molecule has 2 unspecified atom stereocenters. The quantitative estimate of drug-likeness (QED) is 0.429. The van der Waals surface area contributed by atoms with Crippen LogP contribution in [0.4, 0.5) is 13.2 Å². The second-order valence-electron chi connectivity index (χ2n) is 7.05. The van der Waals surface area contributed by atoms with Crippen LogP contribution in [0, 0.1) is 17.5 Å². The highest BCUT2D eigenvalue weighted by Crippen LogP contribution is 2.44. The molecule has 1 aliphatic carbocycles. The Bertz CT molecular complexity index is 1070. The maximum absolute atomic E-state index is 14.3. The molecule has 2 atom stereocenters. The van der Waals surface area contributed by atoms with Gasteiger partial charge in [0.05, 0.1) is 5.56 Å². The molecule has 0 aromatic heterocycles. The summed E-state index contributed by atoms with van der Waals surface area (Å²) in [4.78, 5) is 13.1. The summed E-state index contributed by atoms with van der Waals surface area (Å²) in [6.07, 6.45) is 2.34. The van der Waals surface area contributed by atoms with Crippen molar-refractivity contribution in [3.63, 3.8) is 0 Å². The van der Waals surface area contributed by atoms with E-state index in [1.807, 2.05) is 42.5 Å². The van der Waals surface area contributed by atoms with E-state index < -0.39 is 28.8 Å². The monoisotopic (exact) mass is 412 g/mol. The molecule has 0 radical (unpaired) electrons. The van der Waals surface area contributed by atoms with Crippen molar-refractivity contribution in [1.82, 2.24) is 0 Å². The summed E-state index contributed by atoms with van der Waals surface area (Å²) < 4.78 is 41.8. The molecule has 146 valence electrons. The van der Waals surface area contributed by atoms with Gasteiger partial charge in [-0.1, -0.05) is 60.1 Å². The first-order valence-corrected chi connectivity index (χ1v) is 9.53. The lowest BCUT2D eigenvalue weighted by molar-refractivity contribution is 0.102. The molecule has 3 aromatic carbocycles. The summed E-state index contributed by atoms with van der Waals surface area (Å²) in [5, 5.41) is 0.599. The minimum absolute atomic E-state index is 0.108. The zero-order valence-electron chi connectivity index (χ0n) is 15.2. The number of carbonyl (C=O) groups is 1. The van der Waals surface area contributed by atoms with Crippen LogP contribution in [0.5, 0.6) is 0 Å². The Balaban J connectivity index is 1.78. The average Bonchev–Trinajstić information content (AvgIpc) is 3.14. The van der Waals surface area contributed by atoms with Gasteiger partial charge in [-0.15, -0.1) is 0 Å². The van der Waals surface area contributed by atoms with Crippen LogP contribution in [0.15, 0.2) is 78.4 Å². The van der Waals surface area contributed by atoms with E-state index in [4.69, 9.17) is 11.6 Å². The molecule has 0 amide bonds. The van der Waals surface area contributed by atoms with E-state index in [0.29, 0.717) is 29.1 Å². The number of hydrogen-bond donors (Lipinski definition) is 0. The summed E-state index contributed by atoms with van der Waals surface area (Å²) in [5.41, 5.74) is 1.42. The average molecular weight is 413 g/mol. The molecule has 5 heteroatoms. The fraction of sp³-hybridized carbons (Fsp3) is 0.125. The highest BCUT2D eigenvalue weighted by molar-refractivity contribution is 6.30. The third-order valence-electron chi connectivity index (χ3n) is 5.24. The minimum Gasteiger partial charge on any atom is -0.289 e. The van der Waals surface area contributed by atoms with Gasteiger partial charge < -0.3 is 0 Å². The molecule has 4 rings (SSSR count). The number of rotatable bonds is 4. The lowest BCUT2D eigenvalue weighted by atomic mass is 9.86. The lowest BCUT2D eigenvalue weighted by Gasteiger charge is -2.16. The number of ketones is 1. The van der Waals surface area contributed by atoms with E-state index in [1.54, 1.807) is 18.2 Å². The Morgan fingerprint density at radius 2 is 1.48 bits per heavy atom. The van der Waals surface area contributed by atoms with Crippen LogP contribution in [-0.4, -0.2) is 5.78 Å². The Morgan fingerprint density at radius 3 is 2.10 bits per heavy atom.